The van der Waals surface area contributed by atoms with E-state index in [1.165, 1.54) is 0 Å². The third-order valence-corrected chi connectivity index (χ3v) is 2.83. The number of aliphatic carboxylic acids is 1. The van der Waals surface area contributed by atoms with Crippen LogP contribution in [0.25, 0.3) is 0 Å². The molecule has 1 rings (SSSR count). The van der Waals surface area contributed by atoms with Crippen LogP contribution in [0, 0.1) is 5.92 Å². The van der Waals surface area contributed by atoms with Crippen molar-refractivity contribution >= 4 is 16.1 Å². The molecular formula is C12H16O6S. The molecule has 1 aromatic carbocycles. The zero-order chi connectivity index (χ0) is 14.3. The van der Waals surface area contributed by atoms with Crippen molar-refractivity contribution < 1.29 is 27.2 Å². The van der Waals surface area contributed by atoms with Gasteiger partial charge in [-0.2, -0.15) is 8.42 Å². The van der Waals surface area contributed by atoms with Gasteiger partial charge >= 0.3 is 5.97 Å². The van der Waals surface area contributed by atoms with Crippen molar-refractivity contribution in [1.29, 1.82) is 0 Å². The Morgan fingerprint density at radius 3 is 2.42 bits per heavy atom. The van der Waals surface area contributed by atoms with Gasteiger partial charge in [-0.25, -0.2) is 0 Å². The highest BCUT2D eigenvalue weighted by Gasteiger charge is 2.20. The third kappa shape index (κ3) is 6.90. The molecule has 0 radical (unpaired) electrons. The van der Waals surface area contributed by atoms with Gasteiger partial charge in [0, 0.05) is 0 Å². The molecule has 0 bridgehead atoms. The van der Waals surface area contributed by atoms with Crippen molar-refractivity contribution in [3.8, 4) is 0 Å². The van der Waals surface area contributed by atoms with Gasteiger partial charge < -0.3 is 9.84 Å². The smallest absolute Gasteiger partial charge is 0.311 e. The largest absolute Gasteiger partial charge is 0.481 e. The number of carboxylic acids is 1. The Labute approximate surface area is 112 Å². The lowest BCUT2D eigenvalue weighted by Gasteiger charge is -2.12. The van der Waals surface area contributed by atoms with E-state index in [0.717, 1.165) is 11.8 Å². The summed E-state index contributed by atoms with van der Waals surface area (Å²) in [6.45, 7) is -0.272. The fraction of sp³-hybridized carbons (Fsp3) is 0.417. The molecule has 0 unspecified atom stereocenters. The Morgan fingerprint density at radius 2 is 1.89 bits per heavy atom. The van der Waals surface area contributed by atoms with Crippen LogP contribution in [-0.4, -0.2) is 39.0 Å². The monoisotopic (exact) mass is 288 g/mol. The maximum absolute atomic E-state index is 10.9. The zero-order valence-corrected chi connectivity index (χ0v) is 11.3. The first-order valence-corrected chi connectivity index (χ1v) is 7.39. The number of hydrogen-bond donors (Lipinski definition) is 1. The van der Waals surface area contributed by atoms with Crippen LogP contribution in [-0.2, 0) is 30.4 Å². The standard InChI is InChI=1S/C12H16O6S/c1-19(15,16)18-9-11(12(13)14)8-17-7-10-5-3-2-4-6-10/h2-6,11H,7-9H2,1H3,(H,13,14)/t11-/m1/s1. The number of carbonyl (C=O) groups is 1. The maximum atomic E-state index is 10.9. The second kappa shape index (κ2) is 7.22. The molecule has 6 nitrogen and oxygen atoms in total. The molecule has 19 heavy (non-hydrogen) atoms. The highest BCUT2D eigenvalue weighted by atomic mass is 32.2. The maximum Gasteiger partial charge on any atom is 0.311 e. The van der Waals surface area contributed by atoms with Crippen LogP contribution >= 0.6 is 0 Å². The third-order valence-electron chi connectivity index (χ3n) is 2.26. The molecule has 0 heterocycles. The van der Waals surface area contributed by atoms with Crippen molar-refractivity contribution in [1.82, 2.24) is 0 Å². The lowest BCUT2D eigenvalue weighted by Crippen LogP contribution is -2.26. The van der Waals surface area contributed by atoms with Gasteiger partial charge in [0.1, 0.15) is 5.92 Å². The Bertz CT molecular complexity index is 496. The normalized spacial score (nSPS) is 13.1. The quantitative estimate of drug-likeness (QED) is 0.714. The second-order valence-electron chi connectivity index (χ2n) is 4.02. The first kappa shape index (κ1) is 15.6. The van der Waals surface area contributed by atoms with Crippen LogP contribution in [0.4, 0.5) is 0 Å². The van der Waals surface area contributed by atoms with Gasteiger partial charge in [-0.05, 0) is 5.56 Å². The van der Waals surface area contributed by atoms with Gasteiger partial charge in [-0.3, -0.25) is 8.98 Å². The van der Waals surface area contributed by atoms with Gasteiger partial charge in [0.05, 0.1) is 26.1 Å². The lowest BCUT2D eigenvalue weighted by molar-refractivity contribution is -0.145. The number of hydrogen-bond acceptors (Lipinski definition) is 5. The summed E-state index contributed by atoms with van der Waals surface area (Å²) in [6.07, 6.45) is 0.872. The average molecular weight is 288 g/mol. The molecule has 0 aliphatic carbocycles. The number of rotatable bonds is 8. The molecule has 0 aliphatic rings. The summed E-state index contributed by atoms with van der Waals surface area (Å²) in [5.74, 6) is -2.17. The van der Waals surface area contributed by atoms with Crippen molar-refractivity contribution in [2.45, 2.75) is 6.61 Å². The molecule has 7 heteroatoms. The van der Waals surface area contributed by atoms with Crippen molar-refractivity contribution in [3.05, 3.63) is 35.9 Å². The molecule has 0 aliphatic heterocycles. The topological polar surface area (TPSA) is 89.9 Å². The summed E-state index contributed by atoms with van der Waals surface area (Å²) in [4.78, 5) is 10.9. The van der Waals surface area contributed by atoms with Crippen LogP contribution in [0.15, 0.2) is 30.3 Å². The predicted octanol–water partition coefficient (Wildman–Crippen LogP) is 0.880. The Morgan fingerprint density at radius 1 is 1.26 bits per heavy atom. The van der Waals surface area contributed by atoms with Gasteiger partial charge in [0.25, 0.3) is 10.1 Å². The van der Waals surface area contributed by atoms with E-state index in [1.54, 1.807) is 0 Å². The minimum absolute atomic E-state index is 0.111. The Balaban J connectivity index is 2.40. The summed E-state index contributed by atoms with van der Waals surface area (Å²) in [7, 11) is -3.65. The van der Waals surface area contributed by atoms with E-state index < -0.39 is 28.6 Å². The Hall–Kier alpha value is -1.44. The van der Waals surface area contributed by atoms with Crippen LogP contribution in [0.3, 0.4) is 0 Å². The summed E-state index contributed by atoms with van der Waals surface area (Å²) in [6, 6.07) is 9.26. The van der Waals surface area contributed by atoms with Gasteiger partial charge in [-0.15, -0.1) is 0 Å². The van der Waals surface area contributed by atoms with E-state index in [2.05, 4.69) is 4.18 Å². The summed E-state index contributed by atoms with van der Waals surface area (Å²) in [5.41, 5.74) is 0.913. The van der Waals surface area contributed by atoms with E-state index in [0.29, 0.717) is 0 Å². The molecule has 1 atom stereocenters. The fourth-order valence-electron chi connectivity index (χ4n) is 1.29. The van der Waals surface area contributed by atoms with Crippen molar-refractivity contribution in [2.75, 3.05) is 19.5 Å². The minimum atomic E-state index is -3.65. The predicted molar refractivity (Wildman–Crippen MR) is 68.0 cm³/mol. The number of benzene rings is 1. The molecule has 0 spiro atoms. The zero-order valence-electron chi connectivity index (χ0n) is 10.5. The summed E-state index contributed by atoms with van der Waals surface area (Å²) in [5, 5.41) is 8.91. The number of carboxylic acid groups (broad SMARTS) is 1. The molecule has 0 saturated heterocycles. The van der Waals surface area contributed by atoms with Crippen LogP contribution in [0.1, 0.15) is 5.56 Å². The van der Waals surface area contributed by atoms with E-state index in [1.807, 2.05) is 30.3 Å². The average Bonchev–Trinajstić information content (AvgIpc) is 2.33. The lowest BCUT2D eigenvalue weighted by atomic mass is 10.2. The highest BCUT2D eigenvalue weighted by Crippen LogP contribution is 2.05. The van der Waals surface area contributed by atoms with Crippen LogP contribution in [0.5, 0.6) is 0 Å². The SMILES string of the molecule is CS(=O)(=O)OC[C@@H](COCc1ccccc1)C(=O)O. The fourth-order valence-corrected chi connectivity index (χ4v) is 1.70. The first-order chi connectivity index (χ1) is 8.88. The van der Waals surface area contributed by atoms with Crippen molar-refractivity contribution in [2.24, 2.45) is 5.92 Å². The van der Waals surface area contributed by atoms with Gasteiger partial charge in [-0.1, -0.05) is 30.3 Å². The molecule has 1 aromatic rings. The van der Waals surface area contributed by atoms with Crippen LogP contribution in [0.2, 0.25) is 0 Å². The van der Waals surface area contributed by atoms with Gasteiger partial charge in [0.2, 0.25) is 0 Å². The molecule has 1 N–H and O–H groups in total. The highest BCUT2D eigenvalue weighted by molar-refractivity contribution is 7.85. The van der Waals surface area contributed by atoms with E-state index in [9.17, 15) is 13.2 Å². The molecule has 106 valence electrons. The van der Waals surface area contributed by atoms with E-state index in [-0.39, 0.29) is 13.2 Å². The van der Waals surface area contributed by atoms with Gasteiger partial charge in [0.15, 0.2) is 0 Å². The molecule has 0 fully saturated rings. The van der Waals surface area contributed by atoms with E-state index >= 15 is 0 Å². The van der Waals surface area contributed by atoms with E-state index in [4.69, 9.17) is 9.84 Å². The first-order valence-electron chi connectivity index (χ1n) is 5.57. The summed E-state index contributed by atoms with van der Waals surface area (Å²) < 4.78 is 31.3. The molecule has 0 amide bonds. The summed E-state index contributed by atoms with van der Waals surface area (Å²) >= 11 is 0. The molecule has 0 saturated carbocycles. The minimum Gasteiger partial charge on any atom is -0.481 e. The Kier molecular flexibility index (Phi) is 5.94. The van der Waals surface area contributed by atoms with Crippen molar-refractivity contribution in [3.63, 3.8) is 0 Å². The number of ether oxygens (including phenoxy) is 1. The van der Waals surface area contributed by atoms with Crippen LogP contribution < -0.4 is 0 Å². The molecular weight excluding hydrogens is 272 g/mol. The second-order valence-corrected chi connectivity index (χ2v) is 5.67. The molecule has 0 aromatic heterocycles.